The number of para-hydroxylation sites is 1. The van der Waals surface area contributed by atoms with E-state index in [9.17, 15) is 19.2 Å². The molecule has 9 heteroatoms. The molecule has 134 valence electrons. The normalized spacial score (nSPS) is 20.1. The maximum atomic E-state index is 12.5. The lowest BCUT2D eigenvalue weighted by atomic mass is 10.2. The van der Waals surface area contributed by atoms with E-state index in [1.165, 1.54) is 10.9 Å². The molecule has 2 aliphatic heterocycles. The number of amides is 3. The quantitative estimate of drug-likeness (QED) is 0.766. The Labute approximate surface area is 147 Å². The summed E-state index contributed by atoms with van der Waals surface area (Å²) in [7, 11) is 0. The second-order valence-corrected chi connectivity index (χ2v) is 6.30. The van der Waals surface area contributed by atoms with Crippen molar-refractivity contribution in [3.63, 3.8) is 0 Å². The maximum Gasteiger partial charge on any atom is 0.417 e. The Morgan fingerprint density at radius 2 is 2.04 bits per heavy atom. The summed E-state index contributed by atoms with van der Waals surface area (Å²) in [5.41, 5.74) is 0.298. The third kappa shape index (κ3) is 2.71. The number of aromatic nitrogens is 2. The van der Waals surface area contributed by atoms with Crippen molar-refractivity contribution >= 4 is 28.8 Å². The summed E-state index contributed by atoms with van der Waals surface area (Å²) in [6.07, 6.45) is 1.19. The lowest BCUT2D eigenvalue weighted by Gasteiger charge is -2.20. The molecule has 2 aromatic rings. The zero-order chi connectivity index (χ0) is 18.3. The van der Waals surface area contributed by atoms with Crippen LogP contribution in [0.3, 0.4) is 0 Å². The molecule has 0 saturated carbocycles. The minimum Gasteiger partial charge on any atom is -0.439 e. The van der Waals surface area contributed by atoms with Crippen molar-refractivity contribution in [3.05, 3.63) is 40.9 Å². The number of benzene rings is 1. The zero-order valence-electron chi connectivity index (χ0n) is 13.8. The smallest absolute Gasteiger partial charge is 0.417 e. The fourth-order valence-electron chi connectivity index (χ4n) is 3.36. The Bertz CT molecular complexity index is 953. The highest BCUT2D eigenvalue weighted by molar-refractivity contribution is 5.98. The monoisotopic (exact) mass is 356 g/mol. The van der Waals surface area contributed by atoms with E-state index in [4.69, 9.17) is 4.74 Å². The van der Waals surface area contributed by atoms with Crippen molar-refractivity contribution in [2.75, 3.05) is 19.7 Å². The van der Waals surface area contributed by atoms with Gasteiger partial charge in [0, 0.05) is 13.1 Å². The predicted molar refractivity (Wildman–Crippen MR) is 89.2 cm³/mol. The molecule has 0 aliphatic carbocycles. The van der Waals surface area contributed by atoms with Crippen LogP contribution < -0.4 is 5.56 Å². The van der Waals surface area contributed by atoms with Crippen molar-refractivity contribution in [2.45, 2.75) is 19.0 Å². The molecule has 1 aromatic carbocycles. The first kappa shape index (κ1) is 16.2. The van der Waals surface area contributed by atoms with Gasteiger partial charge in [0.2, 0.25) is 5.91 Å². The van der Waals surface area contributed by atoms with E-state index in [1.54, 1.807) is 29.2 Å². The molecule has 0 spiro atoms. The van der Waals surface area contributed by atoms with Gasteiger partial charge in [-0.25, -0.2) is 14.7 Å². The van der Waals surface area contributed by atoms with Crippen LogP contribution in [-0.4, -0.2) is 63.0 Å². The molecule has 3 heterocycles. The Hall–Kier alpha value is -3.23. The van der Waals surface area contributed by atoms with Gasteiger partial charge in [-0.2, -0.15) is 0 Å². The summed E-state index contributed by atoms with van der Waals surface area (Å²) >= 11 is 0. The Morgan fingerprint density at radius 3 is 2.81 bits per heavy atom. The molecule has 0 bridgehead atoms. The number of nitrogens with zero attached hydrogens (tertiary/aromatic N) is 4. The zero-order valence-corrected chi connectivity index (χ0v) is 13.8. The molecular formula is C17H16N4O5. The summed E-state index contributed by atoms with van der Waals surface area (Å²) in [4.78, 5) is 55.2. The molecule has 26 heavy (non-hydrogen) atoms. The minimum atomic E-state index is -0.663. The van der Waals surface area contributed by atoms with E-state index in [1.807, 2.05) is 0 Å². The number of hydrogen-bond acceptors (Lipinski definition) is 6. The van der Waals surface area contributed by atoms with Crippen LogP contribution in [0.2, 0.25) is 0 Å². The Kier molecular flexibility index (Phi) is 3.90. The average molecular weight is 356 g/mol. The van der Waals surface area contributed by atoms with E-state index in [0.29, 0.717) is 23.9 Å². The summed E-state index contributed by atoms with van der Waals surface area (Å²) in [5.74, 6) is -0.643. The summed E-state index contributed by atoms with van der Waals surface area (Å²) in [5, 5.41) is 0.451. The predicted octanol–water partition coefficient (Wildman–Crippen LogP) is -0.0238. The van der Waals surface area contributed by atoms with E-state index >= 15 is 0 Å². The van der Waals surface area contributed by atoms with Crippen LogP contribution in [0.1, 0.15) is 6.42 Å². The fourth-order valence-corrected chi connectivity index (χ4v) is 3.36. The van der Waals surface area contributed by atoms with Crippen molar-refractivity contribution in [3.8, 4) is 0 Å². The van der Waals surface area contributed by atoms with Crippen LogP contribution in [0.25, 0.3) is 10.9 Å². The standard InChI is InChI=1S/C17H16N4O5/c22-14(8-20-10-18-13-4-2-1-3-12(13)16(20)24)19-6-5-11(7-19)21-15(23)9-26-17(21)25/h1-4,10-11H,5-9H2. The first-order valence-corrected chi connectivity index (χ1v) is 8.25. The van der Waals surface area contributed by atoms with Gasteiger partial charge in [-0.1, -0.05) is 12.1 Å². The molecule has 1 unspecified atom stereocenters. The number of carbonyl (C=O) groups is 3. The SMILES string of the molecule is O=C(Cn1cnc2ccccc2c1=O)N1CCC(N2C(=O)COC2=O)C1. The first-order valence-electron chi connectivity index (χ1n) is 8.25. The molecule has 2 saturated heterocycles. The van der Waals surface area contributed by atoms with Gasteiger partial charge in [-0.15, -0.1) is 0 Å². The van der Waals surface area contributed by atoms with Gasteiger partial charge >= 0.3 is 6.09 Å². The van der Waals surface area contributed by atoms with Crippen LogP contribution in [-0.2, 0) is 20.9 Å². The number of cyclic esters (lactones) is 1. The lowest BCUT2D eigenvalue weighted by Crippen LogP contribution is -2.42. The number of ether oxygens (including phenoxy) is 1. The van der Waals surface area contributed by atoms with E-state index in [-0.39, 0.29) is 43.1 Å². The number of rotatable bonds is 3. The minimum absolute atomic E-state index is 0.137. The highest BCUT2D eigenvalue weighted by Gasteiger charge is 2.41. The fraction of sp³-hybridized carbons (Fsp3) is 0.353. The molecule has 4 rings (SSSR count). The second kappa shape index (κ2) is 6.25. The van der Waals surface area contributed by atoms with Gasteiger partial charge in [-0.05, 0) is 18.6 Å². The number of hydrogen-bond donors (Lipinski definition) is 0. The lowest BCUT2D eigenvalue weighted by molar-refractivity contribution is -0.132. The molecule has 0 radical (unpaired) electrons. The molecule has 3 amide bonds. The number of carbonyl (C=O) groups excluding carboxylic acids is 3. The van der Waals surface area contributed by atoms with Crippen molar-refractivity contribution in [2.24, 2.45) is 0 Å². The van der Waals surface area contributed by atoms with Gasteiger partial charge in [0.1, 0.15) is 6.54 Å². The number of likely N-dealkylation sites (tertiary alicyclic amines) is 1. The van der Waals surface area contributed by atoms with Gasteiger partial charge < -0.3 is 9.64 Å². The maximum absolute atomic E-state index is 12.5. The first-order chi connectivity index (χ1) is 12.5. The van der Waals surface area contributed by atoms with Gasteiger partial charge in [0.25, 0.3) is 11.5 Å². The Balaban J connectivity index is 1.48. The average Bonchev–Trinajstić information content (AvgIpc) is 3.24. The Morgan fingerprint density at radius 1 is 1.23 bits per heavy atom. The molecule has 2 fully saturated rings. The van der Waals surface area contributed by atoms with Crippen molar-refractivity contribution in [1.29, 1.82) is 0 Å². The number of fused-ring (bicyclic) bond motifs is 1. The second-order valence-electron chi connectivity index (χ2n) is 6.30. The largest absolute Gasteiger partial charge is 0.439 e. The summed E-state index contributed by atoms with van der Waals surface area (Å²) in [6.45, 7) is 0.273. The highest BCUT2D eigenvalue weighted by Crippen LogP contribution is 2.20. The van der Waals surface area contributed by atoms with Crippen LogP contribution in [0.5, 0.6) is 0 Å². The molecule has 1 aromatic heterocycles. The van der Waals surface area contributed by atoms with Gasteiger partial charge in [-0.3, -0.25) is 19.0 Å². The topological polar surface area (TPSA) is 102 Å². The van der Waals surface area contributed by atoms with Crippen molar-refractivity contribution in [1.82, 2.24) is 19.4 Å². The van der Waals surface area contributed by atoms with E-state index in [2.05, 4.69) is 4.98 Å². The van der Waals surface area contributed by atoms with Crippen molar-refractivity contribution < 1.29 is 19.1 Å². The van der Waals surface area contributed by atoms with E-state index < -0.39 is 6.09 Å². The number of imide groups is 1. The van der Waals surface area contributed by atoms with E-state index in [0.717, 1.165) is 4.90 Å². The highest BCUT2D eigenvalue weighted by atomic mass is 16.6. The molecular weight excluding hydrogens is 340 g/mol. The van der Waals surface area contributed by atoms with Crippen LogP contribution >= 0.6 is 0 Å². The molecule has 2 aliphatic rings. The summed E-state index contributed by atoms with van der Waals surface area (Å²) in [6, 6.07) is 6.56. The van der Waals surface area contributed by atoms with Gasteiger partial charge in [0.05, 0.1) is 23.3 Å². The van der Waals surface area contributed by atoms with Crippen LogP contribution in [0.4, 0.5) is 4.79 Å². The third-order valence-corrected chi connectivity index (χ3v) is 4.70. The molecule has 0 N–H and O–H groups in total. The van der Waals surface area contributed by atoms with Crippen LogP contribution in [0.15, 0.2) is 35.4 Å². The summed E-state index contributed by atoms with van der Waals surface area (Å²) < 4.78 is 5.99. The van der Waals surface area contributed by atoms with Gasteiger partial charge in [0.15, 0.2) is 6.61 Å². The molecule has 9 nitrogen and oxygen atoms in total. The molecule has 1 atom stereocenters. The van der Waals surface area contributed by atoms with Crippen LogP contribution in [0, 0.1) is 0 Å². The third-order valence-electron chi connectivity index (χ3n) is 4.70.